The van der Waals surface area contributed by atoms with Gasteiger partial charge in [-0.25, -0.2) is 0 Å². The number of nitrogens with one attached hydrogen (secondary N) is 1. The lowest BCUT2D eigenvalue weighted by molar-refractivity contribution is -0.238. The molecule has 130 valence electrons. The highest BCUT2D eigenvalue weighted by Crippen LogP contribution is 2.20. The molecule has 0 radical (unpaired) electrons. The zero-order valence-electron chi connectivity index (χ0n) is 11.9. The van der Waals surface area contributed by atoms with Crippen LogP contribution in [-0.4, -0.2) is 92.5 Å². The lowest BCUT2D eigenvalue weighted by Crippen LogP contribution is -2.64. The molecule has 22 heavy (non-hydrogen) atoms. The Morgan fingerprint density at radius 2 is 1.82 bits per heavy atom. The predicted octanol–water partition coefficient (Wildman–Crippen LogP) is -4.07. The molecule has 0 saturated carbocycles. The van der Waals surface area contributed by atoms with E-state index in [1.165, 1.54) is 0 Å². The van der Waals surface area contributed by atoms with Crippen molar-refractivity contribution in [2.24, 2.45) is 5.73 Å². The molecule has 9 N–H and O–H groups in total. The van der Waals surface area contributed by atoms with E-state index in [0.717, 1.165) is 0 Å². The number of aliphatic carboxylic acids is 1. The van der Waals surface area contributed by atoms with E-state index in [1.807, 2.05) is 0 Å². The molecule has 10 heteroatoms. The molecule has 0 aromatic rings. The molecule has 1 aliphatic rings. The third-order valence-electron chi connectivity index (χ3n) is 3.62. The Labute approximate surface area is 127 Å². The fourth-order valence-corrected chi connectivity index (χ4v) is 2.19. The topological polar surface area (TPSA) is 186 Å². The number of carbonyl (C=O) groups is 1. The normalized spacial score (nSPS) is 35.1. The zero-order chi connectivity index (χ0) is 16.9. The third-order valence-corrected chi connectivity index (χ3v) is 3.62. The molecule has 0 aromatic carbocycles. The SMILES string of the molecule is NCC(O)CC[C@H](N[C@@H]1O[C@H](CO)[C@H](O)[C@H](O)[C@H]1O)C(=O)O. The fraction of sp³-hybridized carbons (Fsp3) is 0.917. The van der Waals surface area contributed by atoms with E-state index in [1.54, 1.807) is 0 Å². The quantitative estimate of drug-likeness (QED) is 0.218. The van der Waals surface area contributed by atoms with Gasteiger partial charge >= 0.3 is 5.97 Å². The standard InChI is InChI=1S/C12H24N2O8/c13-3-5(16)1-2-6(12(20)21)14-11-10(19)9(18)8(17)7(4-15)22-11/h5-11,14-19H,1-4,13H2,(H,20,21)/t5?,6-,7+,8-,9-,10+,11+/m0/s1. The Morgan fingerprint density at radius 3 is 2.32 bits per heavy atom. The number of ether oxygens (including phenoxy) is 1. The average molecular weight is 324 g/mol. The number of rotatable bonds is 8. The first-order valence-corrected chi connectivity index (χ1v) is 6.99. The van der Waals surface area contributed by atoms with E-state index in [9.17, 15) is 25.2 Å². The minimum Gasteiger partial charge on any atom is -0.480 e. The van der Waals surface area contributed by atoms with Crippen LogP contribution in [0, 0.1) is 0 Å². The van der Waals surface area contributed by atoms with Gasteiger partial charge in [-0.3, -0.25) is 10.1 Å². The van der Waals surface area contributed by atoms with E-state index in [4.69, 9.17) is 20.7 Å². The summed E-state index contributed by atoms with van der Waals surface area (Å²) in [4.78, 5) is 11.2. The van der Waals surface area contributed by atoms with Crippen LogP contribution < -0.4 is 11.1 Å². The van der Waals surface area contributed by atoms with Crippen molar-refractivity contribution in [1.29, 1.82) is 0 Å². The van der Waals surface area contributed by atoms with Crippen LogP contribution in [0.2, 0.25) is 0 Å². The number of carboxylic acid groups (broad SMARTS) is 1. The van der Waals surface area contributed by atoms with Crippen molar-refractivity contribution < 1.29 is 40.2 Å². The maximum absolute atomic E-state index is 11.2. The van der Waals surface area contributed by atoms with E-state index in [0.29, 0.717) is 0 Å². The Bertz CT molecular complexity index is 356. The van der Waals surface area contributed by atoms with Gasteiger partial charge in [-0.15, -0.1) is 0 Å². The molecule has 0 bridgehead atoms. The summed E-state index contributed by atoms with van der Waals surface area (Å²) in [6, 6.07) is -1.16. The molecule has 1 rings (SSSR count). The minimum absolute atomic E-state index is 0.00755. The molecule has 1 saturated heterocycles. The van der Waals surface area contributed by atoms with Crippen molar-refractivity contribution in [3.63, 3.8) is 0 Å². The van der Waals surface area contributed by atoms with Crippen molar-refractivity contribution >= 4 is 5.97 Å². The second-order valence-corrected chi connectivity index (χ2v) is 5.27. The minimum atomic E-state index is -1.59. The summed E-state index contributed by atoms with van der Waals surface area (Å²) in [5, 5.41) is 59.2. The van der Waals surface area contributed by atoms with Gasteiger partial charge in [-0.05, 0) is 12.8 Å². The Balaban J connectivity index is 2.68. The van der Waals surface area contributed by atoms with Gasteiger partial charge in [0.1, 0.15) is 36.7 Å². The zero-order valence-corrected chi connectivity index (χ0v) is 11.9. The van der Waals surface area contributed by atoms with Crippen molar-refractivity contribution in [1.82, 2.24) is 5.32 Å². The Morgan fingerprint density at radius 1 is 1.18 bits per heavy atom. The molecule has 0 aromatic heterocycles. The average Bonchev–Trinajstić information content (AvgIpc) is 2.50. The molecule has 7 atom stereocenters. The maximum Gasteiger partial charge on any atom is 0.320 e. The van der Waals surface area contributed by atoms with Crippen molar-refractivity contribution in [2.75, 3.05) is 13.2 Å². The molecule has 1 unspecified atom stereocenters. The summed E-state index contributed by atoms with van der Waals surface area (Å²) in [6.45, 7) is -0.612. The van der Waals surface area contributed by atoms with Gasteiger partial charge in [0.25, 0.3) is 0 Å². The van der Waals surface area contributed by atoms with Gasteiger partial charge in [-0.2, -0.15) is 0 Å². The van der Waals surface area contributed by atoms with Crippen LogP contribution in [0.25, 0.3) is 0 Å². The van der Waals surface area contributed by atoms with Crippen LogP contribution in [0.3, 0.4) is 0 Å². The number of hydrogen-bond acceptors (Lipinski definition) is 9. The number of nitrogens with two attached hydrogens (primary N) is 1. The second-order valence-electron chi connectivity index (χ2n) is 5.27. The first kappa shape index (κ1) is 19.2. The number of aliphatic hydroxyl groups excluding tert-OH is 5. The Hall–Kier alpha value is -0.850. The van der Waals surface area contributed by atoms with Gasteiger partial charge in [0, 0.05) is 6.54 Å². The van der Waals surface area contributed by atoms with Crippen LogP contribution in [0.1, 0.15) is 12.8 Å². The molecule has 1 aliphatic heterocycles. The van der Waals surface area contributed by atoms with Crippen LogP contribution in [0.5, 0.6) is 0 Å². The molecule has 1 fully saturated rings. The largest absolute Gasteiger partial charge is 0.480 e. The molecular weight excluding hydrogens is 300 g/mol. The summed E-state index contributed by atoms with van der Waals surface area (Å²) in [7, 11) is 0. The molecule has 10 nitrogen and oxygen atoms in total. The number of hydrogen-bond donors (Lipinski definition) is 8. The highest BCUT2D eigenvalue weighted by Gasteiger charge is 2.44. The second kappa shape index (κ2) is 8.70. The first-order chi connectivity index (χ1) is 10.3. The first-order valence-electron chi connectivity index (χ1n) is 6.99. The monoisotopic (exact) mass is 324 g/mol. The lowest BCUT2D eigenvalue weighted by Gasteiger charge is -2.41. The van der Waals surface area contributed by atoms with Gasteiger partial charge in [0.15, 0.2) is 0 Å². The predicted molar refractivity (Wildman–Crippen MR) is 72.6 cm³/mol. The summed E-state index contributed by atoms with van der Waals surface area (Å²) in [5.74, 6) is -1.24. The number of aliphatic hydroxyl groups is 5. The highest BCUT2D eigenvalue weighted by atomic mass is 16.6. The number of carboxylic acids is 1. The summed E-state index contributed by atoms with van der Waals surface area (Å²) >= 11 is 0. The molecule has 0 spiro atoms. The maximum atomic E-state index is 11.2. The van der Waals surface area contributed by atoms with Crippen LogP contribution >= 0.6 is 0 Å². The molecular formula is C12H24N2O8. The summed E-state index contributed by atoms with van der Waals surface area (Å²) < 4.78 is 5.17. The van der Waals surface area contributed by atoms with Crippen molar-refractivity contribution in [2.45, 2.75) is 55.6 Å². The molecule has 0 aliphatic carbocycles. The van der Waals surface area contributed by atoms with Crippen molar-refractivity contribution in [3.8, 4) is 0 Å². The van der Waals surface area contributed by atoms with E-state index < -0.39 is 55.4 Å². The van der Waals surface area contributed by atoms with Gasteiger partial charge in [0.2, 0.25) is 0 Å². The fourth-order valence-electron chi connectivity index (χ4n) is 2.19. The van der Waals surface area contributed by atoms with Crippen LogP contribution in [0.4, 0.5) is 0 Å². The van der Waals surface area contributed by atoms with Crippen LogP contribution in [-0.2, 0) is 9.53 Å². The van der Waals surface area contributed by atoms with Crippen LogP contribution in [0.15, 0.2) is 0 Å². The van der Waals surface area contributed by atoms with Gasteiger partial charge < -0.3 is 41.1 Å². The molecule has 0 amide bonds. The van der Waals surface area contributed by atoms with Gasteiger partial charge in [0.05, 0.1) is 12.7 Å². The smallest absolute Gasteiger partial charge is 0.320 e. The summed E-state index contributed by atoms with van der Waals surface area (Å²) in [5.41, 5.74) is 5.24. The highest BCUT2D eigenvalue weighted by molar-refractivity contribution is 5.73. The van der Waals surface area contributed by atoms with Gasteiger partial charge in [-0.1, -0.05) is 0 Å². The van der Waals surface area contributed by atoms with E-state index in [2.05, 4.69) is 5.32 Å². The lowest BCUT2D eigenvalue weighted by atomic mass is 9.97. The third kappa shape index (κ3) is 4.83. The summed E-state index contributed by atoms with van der Waals surface area (Å²) in [6.07, 6.45) is -7.79. The van der Waals surface area contributed by atoms with E-state index >= 15 is 0 Å². The molecule has 1 heterocycles. The Kier molecular flexibility index (Phi) is 7.59. The van der Waals surface area contributed by atoms with Crippen molar-refractivity contribution in [3.05, 3.63) is 0 Å². The van der Waals surface area contributed by atoms with E-state index in [-0.39, 0.29) is 19.4 Å².